The standard InChI is InChI=1S/C13H27NO/c1-4-13(10-14-2,11-15-3)12-8-6-5-7-9-12/h12,14H,4-11H2,1-3H3. The van der Waals surface area contributed by atoms with Crippen LogP contribution >= 0.6 is 0 Å². The van der Waals surface area contributed by atoms with E-state index in [-0.39, 0.29) is 0 Å². The lowest BCUT2D eigenvalue weighted by Gasteiger charge is -2.42. The molecule has 1 N–H and O–H groups in total. The Hall–Kier alpha value is -0.0800. The lowest BCUT2D eigenvalue weighted by Crippen LogP contribution is -2.43. The summed E-state index contributed by atoms with van der Waals surface area (Å²) in [6, 6.07) is 0. The first-order chi connectivity index (χ1) is 7.29. The monoisotopic (exact) mass is 213 g/mol. The van der Waals surface area contributed by atoms with Crippen LogP contribution in [0.15, 0.2) is 0 Å². The molecule has 15 heavy (non-hydrogen) atoms. The van der Waals surface area contributed by atoms with Gasteiger partial charge in [0.2, 0.25) is 0 Å². The van der Waals surface area contributed by atoms with Crippen molar-refractivity contribution in [2.24, 2.45) is 11.3 Å². The second-order valence-electron chi connectivity index (χ2n) is 5.01. The Labute approximate surface area is 94.8 Å². The van der Waals surface area contributed by atoms with Gasteiger partial charge in [-0.3, -0.25) is 0 Å². The van der Waals surface area contributed by atoms with Crippen molar-refractivity contribution in [3.63, 3.8) is 0 Å². The van der Waals surface area contributed by atoms with Gasteiger partial charge in [0.1, 0.15) is 0 Å². The molecule has 1 aliphatic rings. The average Bonchev–Trinajstić information content (AvgIpc) is 2.30. The van der Waals surface area contributed by atoms with Crippen LogP contribution in [-0.2, 0) is 4.74 Å². The predicted octanol–water partition coefficient (Wildman–Crippen LogP) is 2.83. The molecule has 1 unspecified atom stereocenters. The molecule has 0 saturated heterocycles. The molecule has 0 aromatic heterocycles. The van der Waals surface area contributed by atoms with E-state index in [0.29, 0.717) is 5.41 Å². The van der Waals surface area contributed by atoms with Gasteiger partial charge >= 0.3 is 0 Å². The van der Waals surface area contributed by atoms with E-state index in [2.05, 4.69) is 19.3 Å². The highest BCUT2D eigenvalue weighted by Crippen LogP contribution is 2.40. The van der Waals surface area contributed by atoms with Crippen molar-refractivity contribution < 1.29 is 4.74 Å². The first-order valence-electron chi connectivity index (χ1n) is 6.42. The van der Waals surface area contributed by atoms with Gasteiger partial charge in [0.15, 0.2) is 0 Å². The van der Waals surface area contributed by atoms with E-state index in [1.807, 2.05) is 7.11 Å². The summed E-state index contributed by atoms with van der Waals surface area (Å²) in [7, 11) is 3.89. The molecule has 0 spiro atoms. The molecule has 1 saturated carbocycles. The summed E-state index contributed by atoms with van der Waals surface area (Å²) in [5.41, 5.74) is 0.379. The van der Waals surface area contributed by atoms with Gasteiger partial charge in [0, 0.05) is 19.1 Å². The molecule has 0 heterocycles. The molecule has 1 aliphatic carbocycles. The second-order valence-corrected chi connectivity index (χ2v) is 5.01. The topological polar surface area (TPSA) is 21.3 Å². The summed E-state index contributed by atoms with van der Waals surface area (Å²) >= 11 is 0. The van der Waals surface area contributed by atoms with Gasteiger partial charge in [-0.25, -0.2) is 0 Å². The molecule has 1 fully saturated rings. The summed E-state index contributed by atoms with van der Waals surface area (Å²) in [6.45, 7) is 4.32. The molecular weight excluding hydrogens is 186 g/mol. The average molecular weight is 213 g/mol. The van der Waals surface area contributed by atoms with Gasteiger partial charge in [-0.2, -0.15) is 0 Å². The predicted molar refractivity (Wildman–Crippen MR) is 65.1 cm³/mol. The second kappa shape index (κ2) is 6.49. The molecule has 90 valence electrons. The van der Waals surface area contributed by atoms with E-state index in [9.17, 15) is 0 Å². The van der Waals surface area contributed by atoms with Crippen molar-refractivity contribution in [2.45, 2.75) is 45.4 Å². The Morgan fingerprint density at radius 1 is 1.27 bits per heavy atom. The van der Waals surface area contributed by atoms with Crippen molar-refractivity contribution in [3.05, 3.63) is 0 Å². The molecule has 2 heteroatoms. The number of hydrogen-bond acceptors (Lipinski definition) is 2. The van der Waals surface area contributed by atoms with Crippen molar-refractivity contribution in [1.29, 1.82) is 0 Å². The Kier molecular flexibility index (Phi) is 5.62. The van der Waals surface area contributed by atoms with E-state index in [1.54, 1.807) is 0 Å². The van der Waals surface area contributed by atoms with E-state index in [0.717, 1.165) is 19.1 Å². The molecule has 0 bridgehead atoms. The van der Waals surface area contributed by atoms with Crippen molar-refractivity contribution in [3.8, 4) is 0 Å². The van der Waals surface area contributed by atoms with Crippen LogP contribution in [0.1, 0.15) is 45.4 Å². The summed E-state index contributed by atoms with van der Waals surface area (Å²) in [5.74, 6) is 0.864. The number of ether oxygens (including phenoxy) is 1. The van der Waals surface area contributed by atoms with Crippen LogP contribution in [0.25, 0.3) is 0 Å². The summed E-state index contributed by atoms with van der Waals surface area (Å²) < 4.78 is 5.46. The van der Waals surface area contributed by atoms with Crippen LogP contribution in [0, 0.1) is 11.3 Å². The fraction of sp³-hybridized carbons (Fsp3) is 1.00. The lowest BCUT2D eigenvalue weighted by molar-refractivity contribution is 0.0134. The Morgan fingerprint density at radius 3 is 2.40 bits per heavy atom. The van der Waals surface area contributed by atoms with Gasteiger partial charge in [0.05, 0.1) is 6.61 Å². The van der Waals surface area contributed by atoms with Crippen LogP contribution < -0.4 is 5.32 Å². The highest BCUT2D eigenvalue weighted by atomic mass is 16.5. The van der Waals surface area contributed by atoms with Gasteiger partial charge in [-0.15, -0.1) is 0 Å². The molecule has 2 nitrogen and oxygen atoms in total. The maximum absolute atomic E-state index is 5.46. The van der Waals surface area contributed by atoms with Gasteiger partial charge in [-0.1, -0.05) is 26.2 Å². The Morgan fingerprint density at radius 2 is 1.93 bits per heavy atom. The number of hydrogen-bond donors (Lipinski definition) is 1. The molecular formula is C13H27NO. The van der Waals surface area contributed by atoms with Crippen LogP contribution in [0.5, 0.6) is 0 Å². The van der Waals surface area contributed by atoms with Crippen molar-refractivity contribution >= 4 is 0 Å². The van der Waals surface area contributed by atoms with E-state index in [1.165, 1.54) is 38.5 Å². The fourth-order valence-electron chi connectivity index (χ4n) is 3.18. The summed E-state index contributed by atoms with van der Waals surface area (Å²) in [5, 5.41) is 3.36. The van der Waals surface area contributed by atoms with E-state index in [4.69, 9.17) is 4.74 Å². The molecule has 0 amide bonds. The minimum Gasteiger partial charge on any atom is -0.384 e. The Bertz CT molecular complexity index is 158. The van der Waals surface area contributed by atoms with Gasteiger partial charge in [0.25, 0.3) is 0 Å². The first-order valence-corrected chi connectivity index (χ1v) is 6.42. The number of nitrogens with one attached hydrogen (secondary N) is 1. The lowest BCUT2D eigenvalue weighted by atomic mass is 9.67. The Balaban J connectivity index is 2.66. The van der Waals surface area contributed by atoms with E-state index >= 15 is 0 Å². The maximum atomic E-state index is 5.46. The third kappa shape index (κ3) is 3.18. The summed E-state index contributed by atoms with van der Waals surface area (Å²) in [6.07, 6.45) is 8.30. The van der Waals surface area contributed by atoms with Gasteiger partial charge in [-0.05, 0) is 32.2 Å². The zero-order valence-electron chi connectivity index (χ0n) is 10.6. The van der Waals surface area contributed by atoms with Crippen LogP contribution in [0.3, 0.4) is 0 Å². The molecule has 1 atom stereocenters. The maximum Gasteiger partial charge on any atom is 0.0533 e. The molecule has 0 radical (unpaired) electrons. The molecule has 0 aromatic carbocycles. The quantitative estimate of drug-likeness (QED) is 0.732. The van der Waals surface area contributed by atoms with Gasteiger partial charge < -0.3 is 10.1 Å². The van der Waals surface area contributed by atoms with Crippen LogP contribution in [0.2, 0.25) is 0 Å². The molecule has 0 aliphatic heterocycles. The smallest absolute Gasteiger partial charge is 0.0533 e. The van der Waals surface area contributed by atoms with Crippen LogP contribution in [-0.4, -0.2) is 27.3 Å². The third-order valence-corrected chi connectivity index (χ3v) is 4.14. The minimum absolute atomic E-state index is 0.379. The number of rotatable bonds is 6. The molecule has 1 rings (SSSR count). The zero-order valence-corrected chi connectivity index (χ0v) is 10.6. The SMILES string of the molecule is CCC(CNC)(COC)C1CCCCC1. The number of methoxy groups -OCH3 is 1. The van der Waals surface area contributed by atoms with E-state index < -0.39 is 0 Å². The summed E-state index contributed by atoms with van der Waals surface area (Å²) in [4.78, 5) is 0. The largest absolute Gasteiger partial charge is 0.384 e. The minimum atomic E-state index is 0.379. The van der Waals surface area contributed by atoms with Crippen LogP contribution in [0.4, 0.5) is 0 Å². The zero-order chi connectivity index (χ0) is 11.1. The van der Waals surface area contributed by atoms with Crippen molar-refractivity contribution in [2.75, 3.05) is 27.3 Å². The molecule has 0 aromatic rings. The fourth-order valence-corrected chi connectivity index (χ4v) is 3.18. The first kappa shape index (κ1) is 13.0. The highest BCUT2D eigenvalue weighted by Gasteiger charge is 2.37. The normalized spacial score (nSPS) is 22.6. The third-order valence-electron chi connectivity index (χ3n) is 4.14. The highest BCUT2D eigenvalue weighted by molar-refractivity contribution is 4.88. The van der Waals surface area contributed by atoms with Crippen molar-refractivity contribution in [1.82, 2.24) is 5.32 Å².